The van der Waals surface area contributed by atoms with Crippen molar-refractivity contribution in [2.24, 2.45) is 11.5 Å². The minimum absolute atomic E-state index is 0.478. The van der Waals surface area contributed by atoms with E-state index in [2.05, 4.69) is 0 Å². The summed E-state index contributed by atoms with van der Waals surface area (Å²) in [5, 5.41) is 2.56. The molecule has 1 unspecified atom stereocenters. The van der Waals surface area contributed by atoms with Gasteiger partial charge in [-0.15, -0.1) is 11.3 Å². The molecule has 4 heteroatoms. The van der Waals surface area contributed by atoms with Crippen LogP contribution in [0.4, 0.5) is 0 Å². The molecule has 0 amide bonds. The average Bonchev–Trinajstić information content (AvgIpc) is 2.65. The highest BCUT2D eigenvalue weighted by molar-refractivity contribution is 7.10. The normalized spacial score (nSPS) is 27.0. The number of halogens is 1. The van der Waals surface area contributed by atoms with Gasteiger partial charge in [0.05, 0.1) is 10.6 Å². The van der Waals surface area contributed by atoms with Gasteiger partial charge in [0.2, 0.25) is 0 Å². The van der Waals surface area contributed by atoms with Crippen molar-refractivity contribution in [3.05, 3.63) is 45.3 Å². The maximum atomic E-state index is 6.23. The van der Waals surface area contributed by atoms with Gasteiger partial charge in [-0.2, -0.15) is 0 Å². The molecule has 0 aliphatic heterocycles. The van der Waals surface area contributed by atoms with Crippen molar-refractivity contribution >= 4 is 22.9 Å². The van der Waals surface area contributed by atoms with E-state index in [-0.39, 0.29) is 0 Å². The van der Waals surface area contributed by atoms with Gasteiger partial charge in [0, 0.05) is 10.6 Å². The van der Waals surface area contributed by atoms with Gasteiger partial charge in [0.1, 0.15) is 0 Å². The maximum Gasteiger partial charge on any atom is 0.0743 e. The Bertz CT molecular complexity index is 394. The molecule has 4 N–H and O–H groups in total. The average molecular weight is 227 g/mol. The Balaban J connectivity index is 2.38. The third kappa shape index (κ3) is 1.59. The summed E-state index contributed by atoms with van der Waals surface area (Å²) in [7, 11) is 0. The van der Waals surface area contributed by atoms with Crippen LogP contribution in [0.5, 0.6) is 0 Å². The molecule has 0 saturated heterocycles. The van der Waals surface area contributed by atoms with Crippen molar-refractivity contribution in [2.75, 3.05) is 0 Å². The zero-order valence-electron chi connectivity index (χ0n) is 7.53. The second-order valence-electron chi connectivity index (χ2n) is 3.37. The summed E-state index contributed by atoms with van der Waals surface area (Å²) >= 11 is 7.59. The third-order valence-corrected chi connectivity index (χ3v) is 3.69. The number of rotatable bonds is 1. The number of allylic oxidation sites excluding steroid dienone is 1. The molecule has 1 aliphatic carbocycles. The van der Waals surface area contributed by atoms with Crippen molar-refractivity contribution in [1.82, 2.24) is 0 Å². The first-order valence-corrected chi connectivity index (χ1v) is 5.55. The van der Waals surface area contributed by atoms with Gasteiger partial charge in [0.15, 0.2) is 0 Å². The third-order valence-electron chi connectivity index (χ3n) is 2.30. The topological polar surface area (TPSA) is 52.0 Å². The predicted octanol–water partition coefficient (Wildman–Crippen LogP) is 2.27. The van der Waals surface area contributed by atoms with Crippen molar-refractivity contribution in [3.63, 3.8) is 0 Å². The molecule has 0 aromatic carbocycles. The minimum atomic E-state index is -0.478. The summed E-state index contributed by atoms with van der Waals surface area (Å²) in [6, 6.07) is 4.00. The molecule has 2 nitrogen and oxygen atoms in total. The van der Waals surface area contributed by atoms with Crippen LogP contribution in [-0.2, 0) is 5.54 Å². The zero-order chi connectivity index (χ0) is 10.2. The van der Waals surface area contributed by atoms with E-state index in [0.717, 1.165) is 4.88 Å². The fraction of sp³-hybridized carbons (Fsp3) is 0.200. The first-order valence-electron chi connectivity index (χ1n) is 4.29. The maximum absolute atomic E-state index is 6.23. The van der Waals surface area contributed by atoms with Gasteiger partial charge < -0.3 is 11.5 Å². The highest BCUT2D eigenvalue weighted by Gasteiger charge is 2.28. The molecule has 1 aromatic rings. The van der Waals surface area contributed by atoms with Crippen LogP contribution in [0, 0.1) is 0 Å². The Morgan fingerprint density at radius 2 is 2.29 bits per heavy atom. The molecular weight excluding hydrogens is 216 g/mol. The lowest BCUT2D eigenvalue weighted by Crippen LogP contribution is -2.35. The summed E-state index contributed by atoms with van der Waals surface area (Å²) in [4.78, 5) is 1.11. The first kappa shape index (κ1) is 9.77. The van der Waals surface area contributed by atoms with E-state index in [4.69, 9.17) is 23.1 Å². The van der Waals surface area contributed by atoms with Crippen molar-refractivity contribution in [1.29, 1.82) is 0 Å². The predicted molar refractivity (Wildman–Crippen MR) is 61.0 cm³/mol. The van der Waals surface area contributed by atoms with Gasteiger partial charge in [-0.3, -0.25) is 0 Å². The summed E-state index contributed by atoms with van der Waals surface area (Å²) in [5.74, 6) is 0. The van der Waals surface area contributed by atoms with Gasteiger partial charge in [-0.25, -0.2) is 0 Å². The Morgan fingerprint density at radius 3 is 2.86 bits per heavy atom. The van der Waals surface area contributed by atoms with Gasteiger partial charge in [-0.05, 0) is 23.9 Å². The molecule has 0 saturated carbocycles. The van der Waals surface area contributed by atoms with Gasteiger partial charge in [-0.1, -0.05) is 23.7 Å². The van der Waals surface area contributed by atoms with Crippen LogP contribution in [0.25, 0.3) is 0 Å². The van der Waals surface area contributed by atoms with E-state index in [1.54, 1.807) is 11.3 Å². The van der Waals surface area contributed by atoms with E-state index >= 15 is 0 Å². The number of thiophene rings is 1. The molecule has 1 aliphatic rings. The van der Waals surface area contributed by atoms with E-state index in [1.165, 1.54) is 0 Å². The molecule has 1 atom stereocenters. The highest BCUT2D eigenvalue weighted by Crippen LogP contribution is 2.34. The second-order valence-corrected chi connectivity index (χ2v) is 4.73. The van der Waals surface area contributed by atoms with Crippen LogP contribution in [-0.4, -0.2) is 0 Å². The lowest BCUT2D eigenvalue weighted by atomic mass is 9.90. The van der Waals surface area contributed by atoms with E-state index < -0.39 is 5.54 Å². The quantitative estimate of drug-likeness (QED) is 0.772. The van der Waals surface area contributed by atoms with Crippen LogP contribution in [0.2, 0.25) is 0 Å². The van der Waals surface area contributed by atoms with Crippen molar-refractivity contribution < 1.29 is 0 Å². The zero-order valence-corrected chi connectivity index (χ0v) is 9.11. The summed E-state index contributed by atoms with van der Waals surface area (Å²) in [6.07, 6.45) is 4.41. The molecule has 1 heterocycles. The van der Waals surface area contributed by atoms with Crippen molar-refractivity contribution in [3.8, 4) is 0 Å². The summed E-state index contributed by atoms with van der Waals surface area (Å²) in [5.41, 5.74) is 12.0. The standard InChI is InChI=1S/C10H11ClN2S/c11-7-6-10(13,4-3-8(7)12)9-2-1-5-14-9/h1-3,5-6H,4,12-13H2. The summed E-state index contributed by atoms with van der Waals surface area (Å²) in [6.45, 7) is 0. The highest BCUT2D eigenvalue weighted by atomic mass is 35.5. The van der Waals surface area contributed by atoms with Crippen LogP contribution >= 0.6 is 22.9 Å². The van der Waals surface area contributed by atoms with Gasteiger partial charge in [0.25, 0.3) is 0 Å². The molecule has 14 heavy (non-hydrogen) atoms. The van der Waals surface area contributed by atoms with E-state index in [1.807, 2.05) is 29.7 Å². The van der Waals surface area contributed by atoms with Crippen LogP contribution in [0.3, 0.4) is 0 Å². The monoisotopic (exact) mass is 226 g/mol. The second kappa shape index (κ2) is 3.42. The molecule has 2 rings (SSSR count). The molecular formula is C10H11ClN2S. The van der Waals surface area contributed by atoms with Gasteiger partial charge >= 0.3 is 0 Å². The van der Waals surface area contributed by atoms with Crippen molar-refractivity contribution in [2.45, 2.75) is 12.0 Å². The van der Waals surface area contributed by atoms with Crippen LogP contribution in [0.1, 0.15) is 11.3 Å². The summed E-state index contributed by atoms with van der Waals surface area (Å²) < 4.78 is 0. The number of nitrogens with two attached hydrogens (primary N) is 2. The van der Waals surface area contributed by atoms with E-state index in [0.29, 0.717) is 17.2 Å². The molecule has 1 aromatic heterocycles. The molecule has 0 spiro atoms. The Kier molecular flexibility index (Phi) is 2.39. The Hall–Kier alpha value is -0.770. The lowest BCUT2D eigenvalue weighted by Gasteiger charge is -2.27. The minimum Gasteiger partial charge on any atom is -0.398 e. The molecule has 0 fully saturated rings. The fourth-order valence-electron chi connectivity index (χ4n) is 1.46. The van der Waals surface area contributed by atoms with Crippen LogP contribution in [0.15, 0.2) is 40.4 Å². The first-order chi connectivity index (χ1) is 6.62. The van der Waals surface area contributed by atoms with E-state index in [9.17, 15) is 0 Å². The molecule has 0 radical (unpaired) electrons. The largest absolute Gasteiger partial charge is 0.398 e. The number of hydrogen-bond donors (Lipinski definition) is 2. The van der Waals surface area contributed by atoms with Crippen LogP contribution < -0.4 is 11.5 Å². The fourth-order valence-corrected chi connectivity index (χ4v) is 2.55. The SMILES string of the molecule is NC1=CCC(N)(c2cccs2)C=C1Cl. The molecule has 0 bridgehead atoms. The Morgan fingerprint density at radius 1 is 1.50 bits per heavy atom. The number of hydrogen-bond acceptors (Lipinski definition) is 3. The lowest BCUT2D eigenvalue weighted by molar-refractivity contribution is 0.572. The molecule has 74 valence electrons. The Labute approximate surface area is 91.9 Å². The smallest absolute Gasteiger partial charge is 0.0743 e.